The molecule has 0 saturated heterocycles. The van der Waals surface area contributed by atoms with Crippen LogP contribution in [0.25, 0.3) is 17.3 Å². The zero-order chi connectivity index (χ0) is 24.2. The van der Waals surface area contributed by atoms with E-state index in [1.807, 2.05) is 19.9 Å². The number of aromatic nitrogens is 2. The van der Waals surface area contributed by atoms with Gasteiger partial charge in [-0.1, -0.05) is 6.07 Å². The lowest BCUT2D eigenvalue weighted by atomic mass is 10.0. The molecule has 0 fully saturated rings. The molecule has 8 heteroatoms. The molecule has 7 nitrogen and oxygen atoms in total. The Morgan fingerprint density at radius 1 is 1.21 bits per heavy atom. The van der Waals surface area contributed by atoms with E-state index in [9.17, 15) is 9.18 Å². The largest absolute Gasteiger partial charge is 0.493 e. The van der Waals surface area contributed by atoms with Crippen molar-refractivity contribution in [2.24, 2.45) is 0 Å². The van der Waals surface area contributed by atoms with E-state index in [2.05, 4.69) is 15.3 Å². The maximum Gasteiger partial charge on any atom is 0.244 e. The van der Waals surface area contributed by atoms with Crippen LogP contribution in [-0.4, -0.2) is 42.7 Å². The first-order chi connectivity index (χ1) is 16.4. The quantitative estimate of drug-likeness (QED) is 0.533. The van der Waals surface area contributed by atoms with E-state index >= 15 is 0 Å². The molecular weight excluding hydrogens is 437 g/mol. The lowest BCUT2D eigenvalue weighted by Crippen LogP contribution is -2.33. The van der Waals surface area contributed by atoms with Crippen molar-refractivity contribution in [3.05, 3.63) is 70.9 Å². The fourth-order valence-electron chi connectivity index (χ4n) is 3.88. The van der Waals surface area contributed by atoms with Gasteiger partial charge in [-0.2, -0.15) is 0 Å². The summed E-state index contributed by atoms with van der Waals surface area (Å²) >= 11 is 0. The molecule has 1 aromatic heterocycles. The highest BCUT2D eigenvalue weighted by Gasteiger charge is 2.28. The third-order valence-corrected chi connectivity index (χ3v) is 5.53. The van der Waals surface area contributed by atoms with Gasteiger partial charge >= 0.3 is 0 Å². The van der Waals surface area contributed by atoms with Gasteiger partial charge in [-0.25, -0.2) is 9.37 Å². The molecule has 0 saturated carbocycles. The summed E-state index contributed by atoms with van der Waals surface area (Å²) < 4.78 is 31.0. The number of ether oxygens (including phenoxy) is 3. The Morgan fingerprint density at radius 2 is 2.00 bits per heavy atom. The van der Waals surface area contributed by atoms with Gasteiger partial charge in [0.25, 0.3) is 0 Å². The van der Waals surface area contributed by atoms with Gasteiger partial charge in [-0.3, -0.25) is 9.78 Å². The molecule has 1 atom stereocenters. The van der Waals surface area contributed by atoms with E-state index in [0.717, 1.165) is 16.8 Å². The van der Waals surface area contributed by atoms with Crippen LogP contribution in [0.3, 0.4) is 0 Å². The molecule has 0 aliphatic carbocycles. The standard InChI is InChI=1S/C26H26FN3O4/c1-15-13-28-16(2)25(30-15)21-12-19(27)10-18-11-20(34-26(18)21)14-29-24(31)8-6-17-5-7-22(32-3)23(9-17)33-4/h5-10,12-13,20H,11,14H2,1-4H3,(H,29,31)/b8-6+/t20-/m0/s1. The number of fused-ring (bicyclic) bond motifs is 1. The van der Waals surface area contributed by atoms with E-state index < -0.39 is 0 Å². The van der Waals surface area contributed by atoms with Crippen molar-refractivity contribution in [2.45, 2.75) is 26.4 Å². The predicted octanol–water partition coefficient (Wildman–Crippen LogP) is 4.05. The SMILES string of the molecule is COc1ccc(/C=C/C(=O)NC[C@@H]2Cc3cc(F)cc(-c4nc(C)cnc4C)c3O2)cc1OC. The smallest absolute Gasteiger partial charge is 0.244 e. The molecule has 1 aliphatic heterocycles. The van der Waals surface area contributed by atoms with E-state index in [1.165, 1.54) is 18.2 Å². The molecule has 1 amide bonds. The Balaban J connectivity index is 1.42. The number of nitrogens with zero attached hydrogens (tertiary/aromatic N) is 2. The number of hydrogen-bond acceptors (Lipinski definition) is 6. The van der Waals surface area contributed by atoms with Crippen molar-refractivity contribution >= 4 is 12.0 Å². The first-order valence-corrected chi connectivity index (χ1v) is 10.9. The fourth-order valence-corrected chi connectivity index (χ4v) is 3.88. The van der Waals surface area contributed by atoms with Gasteiger partial charge in [-0.05, 0) is 49.8 Å². The number of amides is 1. The van der Waals surface area contributed by atoms with Crippen LogP contribution >= 0.6 is 0 Å². The molecule has 2 aromatic carbocycles. The number of aryl methyl sites for hydroxylation is 2. The number of benzene rings is 2. The van der Waals surface area contributed by atoms with Gasteiger partial charge in [-0.15, -0.1) is 0 Å². The number of carbonyl (C=O) groups is 1. The summed E-state index contributed by atoms with van der Waals surface area (Å²) in [5.41, 5.74) is 4.15. The number of carbonyl (C=O) groups excluding carboxylic acids is 1. The summed E-state index contributed by atoms with van der Waals surface area (Å²) in [6, 6.07) is 8.27. The Kier molecular flexibility index (Phi) is 6.77. The average molecular weight is 464 g/mol. The van der Waals surface area contributed by atoms with Gasteiger partial charge < -0.3 is 19.5 Å². The van der Waals surface area contributed by atoms with Crippen molar-refractivity contribution in [2.75, 3.05) is 20.8 Å². The number of hydrogen-bond donors (Lipinski definition) is 1. The van der Waals surface area contributed by atoms with Crippen LogP contribution in [0.2, 0.25) is 0 Å². The van der Waals surface area contributed by atoms with Gasteiger partial charge in [0.1, 0.15) is 17.7 Å². The minimum Gasteiger partial charge on any atom is -0.493 e. The molecule has 3 aromatic rings. The molecule has 176 valence electrons. The molecule has 0 bridgehead atoms. The Labute approximate surface area is 197 Å². The summed E-state index contributed by atoms with van der Waals surface area (Å²) in [4.78, 5) is 21.2. The summed E-state index contributed by atoms with van der Waals surface area (Å²) in [5, 5.41) is 2.85. The first kappa shape index (κ1) is 23.2. The lowest BCUT2D eigenvalue weighted by Gasteiger charge is -2.14. The molecule has 0 unspecified atom stereocenters. The minimum absolute atomic E-state index is 0.263. The van der Waals surface area contributed by atoms with Crippen LogP contribution in [0.15, 0.2) is 42.6 Å². The molecular formula is C26H26FN3O4. The first-order valence-electron chi connectivity index (χ1n) is 10.9. The third kappa shape index (κ3) is 5.01. The highest BCUT2D eigenvalue weighted by molar-refractivity contribution is 5.91. The summed E-state index contributed by atoms with van der Waals surface area (Å²) in [5.74, 6) is 1.16. The van der Waals surface area contributed by atoms with Crippen LogP contribution in [-0.2, 0) is 11.2 Å². The van der Waals surface area contributed by atoms with Crippen molar-refractivity contribution < 1.29 is 23.4 Å². The number of rotatable bonds is 7. The number of methoxy groups -OCH3 is 2. The highest BCUT2D eigenvalue weighted by atomic mass is 19.1. The van der Waals surface area contributed by atoms with E-state index in [0.29, 0.717) is 40.6 Å². The second-order valence-electron chi connectivity index (χ2n) is 8.02. The van der Waals surface area contributed by atoms with Crippen LogP contribution in [0, 0.1) is 19.7 Å². The second-order valence-corrected chi connectivity index (χ2v) is 8.02. The summed E-state index contributed by atoms with van der Waals surface area (Å²) in [6.07, 6.45) is 4.98. The normalized spacial score (nSPS) is 14.6. The Bertz CT molecular complexity index is 1260. The number of nitrogens with one attached hydrogen (secondary N) is 1. The van der Waals surface area contributed by atoms with Crippen molar-refractivity contribution in [1.82, 2.24) is 15.3 Å². The van der Waals surface area contributed by atoms with Gasteiger partial charge in [0.05, 0.1) is 37.8 Å². The summed E-state index contributed by atoms with van der Waals surface area (Å²) in [6.45, 7) is 3.95. The molecule has 34 heavy (non-hydrogen) atoms. The van der Waals surface area contributed by atoms with Crippen molar-refractivity contribution in [3.63, 3.8) is 0 Å². The molecule has 1 aliphatic rings. The predicted molar refractivity (Wildman–Crippen MR) is 127 cm³/mol. The monoisotopic (exact) mass is 463 g/mol. The van der Waals surface area contributed by atoms with E-state index in [4.69, 9.17) is 14.2 Å². The average Bonchev–Trinajstić information content (AvgIpc) is 3.25. The van der Waals surface area contributed by atoms with Gasteiger partial charge in [0, 0.05) is 29.8 Å². The molecule has 0 radical (unpaired) electrons. The topological polar surface area (TPSA) is 82.6 Å². The van der Waals surface area contributed by atoms with Crippen LogP contribution in [0.4, 0.5) is 4.39 Å². The van der Waals surface area contributed by atoms with Crippen LogP contribution in [0.5, 0.6) is 17.2 Å². The van der Waals surface area contributed by atoms with Gasteiger partial charge in [0.2, 0.25) is 5.91 Å². The molecule has 0 spiro atoms. The van der Waals surface area contributed by atoms with Gasteiger partial charge in [0.15, 0.2) is 11.5 Å². The Hall–Kier alpha value is -3.94. The third-order valence-electron chi connectivity index (χ3n) is 5.53. The summed E-state index contributed by atoms with van der Waals surface area (Å²) in [7, 11) is 3.12. The molecule has 1 N–H and O–H groups in total. The maximum absolute atomic E-state index is 14.3. The molecule has 4 rings (SSSR count). The highest BCUT2D eigenvalue weighted by Crippen LogP contribution is 2.39. The zero-order valence-corrected chi connectivity index (χ0v) is 19.5. The minimum atomic E-state index is -0.359. The van der Waals surface area contributed by atoms with Crippen LogP contribution < -0.4 is 19.5 Å². The molecule has 2 heterocycles. The van der Waals surface area contributed by atoms with Crippen LogP contribution in [0.1, 0.15) is 22.5 Å². The second kappa shape index (κ2) is 9.91. The van der Waals surface area contributed by atoms with E-state index in [1.54, 1.807) is 38.6 Å². The van der Waals surface area contributed by atoms with E-state index in [-0.39, 0.29) is 24.4 Å². The zero-order valence-electron chi connectivity index (χ0n) is 19.5. The van der Waals surface area contributed by atoms with Crippen molar-refractivity contribution in [3.8, 4) is 28.5 Å². The maximum atomic E-state index is 14.3. The fraction of sp³-hybridized carbons (Fsp3) is 0.269. The van der Waals surface area contributed by atoms with Crippen molar-refractivity contribution in [1.29, 1.82) is 0 Å². The number of halogens is 1. The Morgan fingerprint density at radius 3 is 2.76 bits per heavy atom. The lowest BCUT2D eigenvalue weighted by molar-refractivity contribution is -0.116.